The van der Waals surface area contributed by atoms with Crippen molar-refractivity contribution in [1.29, 1.82) is 0 Å². The Morgan fingerprint density at radius 1 is 1.21 bits per heavy atom. The minimum Gasteiger partial charge on any atom is -0.477 e. The van der Waals surface area contributed by atoms with Crippen LogP contribution in [0, 0.1) is 5.41 Å². The zero-order chi connectivity index (χ0) is 13.9. The van der Waals surface area contributed by atoms with E-state index in [0.29, 0.717) is 19.0 Å². The van der Waals surface area contributed by atoms with Crippen LogP contribution < -0.4 is 10.5 Å². The Bertz CT molecular complexity index is 558. The first-order chi connectivity index (χ1) is 8.99. The van der Waals surface area contributed by atoms with Crippen LogP contribution in [0.1, 0.15) is 32.8 Å². The highest BCUT2D eigenvalue weighted by Crippen LogP contribution is 2.24. The molecule has 0 atom stereocenters. The Hall–Kier alpha value is -1.61. The molecule has 0 bridgehead atoms. The second kappa shape index (κ2) is 5.57. The summed E-state index contributed by atoms with van der Waals surface area (Å²) >= 11 is 0. The van der Waals surface area contributed by atoms with Crippen molar-refractivity contribution in [2.24, 2.45) is 11.1 Å². The summed E-state index contributed by atoms with van der Waals surface area (Å²) in [6, 6.07) is 10.1. The number of hydrogen-bond acceptors (Lipinski definition) is 3. The van der Waals surface area contributed by atoms with Crippen molar-refractivity contribution in [3.8, 4) is 5.88 Å². The fourth-order valence-corrected chi connectivity index (χ4v) is 1.87. The Balaban J connectivity index is 2.21. The van der Waals surface area contributed by atoms with E-state index >= 15 is 0 Å². The number of para-hydroxylation sites is 1. The van der Waals surface area contributed by atoms with Crippen LogP contribution in [0.4, 0.5) is 0 Å². The summed E-state index contributed by atoms with van der Waals surface area (Å²) in [5.74, 6) is 0.672. The number of fused-ring (bicyclic) bond motifs is 1. The average molecular weight is 258 g/mol. The molecule has 19 heavy (non-hydrogen) atoms. The number of pyridine rings is 1. The third kappa shape index (κ3) is 3.67. The van der Waals surface area contributed by atoms with E-state index in [9.17, 15) is 0 Å². The maximum absolute atomic E-state index is 5.82. The molecule has 2 aromatic rings. The zero-order valence-electron chi connectivity index (χ0n) is 11.9. The molecule has 0 aliphatic rings. The molecule has 1 heterocycles. The van der Waals surface area contributed by atoms with Crippen molar-refractivity contribution in [1.82, 2.24) is 4.98 Å². The van der Waals surface area contributed by atoms with Gasteiger partial charge in [0.15, 0.2) is 0 Å². The van der Waals surface area contributed by atoms with Gasteiger partial charge in [-0.25, -0.2) is 4.98 Å². The van der Waals surface area contributed by atoms with E-state index in [1.54, 1.807) is 0 Å². The van der Waals surface area contributed by atoms with E-state index in [4.69, 9.17) is 10.5 Å². The second-order valence-electron chi connectivity index (χ2n) is 6.01. The molecule has 1 aromatic carbocycles. The van der Waals surface area contributed by atoms with Crippen LogP contribution in [0.2, 0.25) is 0 Å². The summed E-state index contributed by atoms with van der Waals surface area (Å²) < 4.78 is 5.82. The molecule has 0 aliphatic heterocycles. The SMILES string of the molecule is CC(C)(C)CCOc1nc2ccccc2cc1CN. The number of nitrogens with zero attached hydrogens (tertiary/aromatic N) is 1. The number of benzene rings is 1. The zero-order valence-corrected chi connectivity index (χ0v) is 11.9. The molecule has 2 rings (SSSR count). The molecule has 0 fully saturated rings. The predicted molar refractivity (Wildman–Crippen MR) is 79.2 cm³/mol. The van der Waals surface area contributed by atoms with Crippen LogP contribution in [0.15, 0.2) is 30.3 Å². The van der Waals surface area contributed by atoms with E-state index < -0.39 is 0 Å². The first kappa shape index (κ1) is 13.8. The highest BCUT2D eigenvalue weighted by Gasteiger charge is 2.12. The summed E-state index contributed by atoms with van der Waals surface area (Å²) in [7, 11) is 0. The Labute approximate surface area is 114 Å². The number of hydrogen-bond donors (Lipinski definition) is 1. The van der Waals surface area contributed by atoms with Gasteiger partial charge in [-0.15, -0.1) is 0 Å². The smallest absolute Gasteiger partial charge is 0.218 e. The first-order valence-electron chi connectivity index (χ1n) is 6.71. The molecule has 3 heteroatoms. The lowest BCUT2D eigenvalue weighted by Gasteiger charge is -2.18. The fraction of sp³-hybridized carbons (Fsp3) is 0.438. The maximum atomic E-state index is 5.82. The molecule has 0 saturated carbocycles. The van der Waals surface area contributed by atoms with Crippen LogP contribution in [0.5, 0.6) is 5.88 Å². The summed E-state index contributed by atoms with van der Waals surface area (Å²) in [5, 5.41) is 1.10. The predicted octanol–water partition coefficient (Wildman–Crippen LogP) is 3.51. The molecule has 0 amide bonds. The fourth-order valence-electron chi connectivity index (χ4n) is 1.87. The Morgan fingerprint density at radius 2 is 1.95 bits per heavy atom. The molecule has 0 spiro atoms. The third-order valence-electron chi connectivity index (χ3n) is 3.07. The summed E-state index contributed by atoms with van der Waals surface area (Å²) in [6.45, 7) is 7.72. The van der Waals surface area contributed by atoms with Gasteiger partial charge >= 0.3 is 0 Å². The molecule has 0 aliphatic carbocycles. The third-order valence-corrected chi connectivity index (χ3v) is 3.07. The van der Waals surface area contributed by atoms with Gasteiger partial charge in [0.2, 0.25) is 5.88 Å². The van der Waals surface area contributed by atoms with Gasteiger partial charge in [-0.3, -0.25) is 0 Å². The normalized spacial score (nSPS) is 11.8. The molecule has 0 saturated heterocycles. The van der Waals surface area contributed by atoms with Crippen LogP contribution in [0.3, 0.4) is 0 Å². The van der Waals surface area contributed by atoms with Crippen LogP contribution in [0.25, 0.3) is 10.9 Å². The monoisotopic (exact) mass is 258 g/mol. The maximum Gasteiger partial charge on any atom is 0.218 e. The lowest BCUT2D eigenvalue weighted by molar-refractivity contribution is 0.235. The molecule has 2 N–H and O–H groups in total. The van der Waals surface area contributed by atoms with Crippen LogP contribution >= 0.6 is 0 Å². The quantitative estimate of drug-likeness (QED) is 0.913. The van der Waals surface area contributed by atoms with E-state index in [1.165, 1.54) is 0 Å². The van der Waals surface area contributed by atoms with Crippen molar-refractivity contribution in [3.63, 3.8) is 0 Å². The van der Waals surface area contributed by atoms with E-state index in [1.807, 2.05) is 24.3 Å². The van der Waals surface area contributed by atoms with Gasteiger partial charge < -0.3 is 10.5 Å². The Kier molecular flexibility index (Phi) is 4.05. The van der Waals surface area contributed by atoms with Crippen molar-refractivity contribution >= 4 is 10.9 Å². The van der Waals surface area contributed by atoms with E-state index in [0.717, 1.165) is 22.9 Å². The van der Waals surface area contributed by atoms with Crippen molar-refractivity contribution in [2.45, 2.75) is 33.7 Å². The molecule has 0 radical (unpaired) electrons. The number of aromatic nitrogens is 1. The lowest BCUT2D eigenvalue weighted by Crippen LogP contribution is -2.13. The van der Waals surface area contributed by atoms with Crippen LogP contribution in [-0.2, 0) is 6.54 Å². The average Bonchev–Trinajstić information content (AvgIpc) is 2.36. The Morgan fingerprint density at radius 3 is 2.63 bits per heavy atom. The molecule has 3 nitrogen and oxygen atoms in total. The van der Waals surface area contributed by atoms with Gasteiger partial charge in [-0.1, -0.05) is 39.0 Å². The number of rotatable bonds is 4. The second-order valence-corrected chi connectivity index (χ2v) is 6.01. The van der Waals surface area contributed by atoms with Gasteiger partial charge in [0.25, 0.3) is 0 Å². The first-order valence-corrected chi connectivity index (χ1v) is 6.71. The van der Waals surface area contributed by atoms with Gasteiger partial charge in [0.1, 0.15) is 0 Å². The number of nitrogens with two attached hydrogens (primary N) is 1. The van der Waals surface area contributed by atoms with Crippen molar-refractivity contribution < 1.29 is 4.74 Å². The molecule has 1 aromatic heterocycles. The standard InChI is InChI=1S/C16H22N2O/c1-16(2,3)8-9-19-15-13(11-17)10-12-6-4-5-7-14(12)18-15/h4-7,10H,8-9,11,17H2,1-3H3. The highest BCUT2D eigenvalue weighted by atomic mass is 16.5. The molecular formula is C16H22N2O. The van der Waals surface area contributed by atoms with Gasteiger partial charge in [0, 0.05) is 17.5 Å². The molecule has 102 valence electrons. The van der Waals surface area contributed by atoms with Gasteiger partial charge in [0.05, 0.1) is 12.1 Å². The summed E-state index contributed by atoms with van der Waals surface area (Å²) in [4.78, 5) is 4.56. The molecular weight excluding hydrogens is 236 g/mol. The highest BCUT2D eigenvalue weighted by molar-refractivity contribution is 5.80. The summed E-state index contributed by atoms with van der Waals surface area (Å²) in [5.41, 5.74) is 7.96. The van der Waals surface area contributed by atoms with Crippen molar-refractivity contribution in [2.75, 3.05) is 6.61 Å². The number of ether oxygens (including phenoxy) is 1. The minimum absolute atomic E-state index is 0.264. The van der Waals surface area contributed by atoms with E-state index in [-0.39, 0.29) is 5.41 Å². The topological polar surface area (TPSA) is 48.1 Å². The lowest BCUT2D eigenvalue weighted by atomic mass is 9.93. The van der Waals surface area contributed by atoms with Crippen molar-refractivity contribution in [3.05, 3.63) is 35.9 Å². The van der Waals surface area contributed by atoms with E-state index in [2.05, 4.69) is 31.8 Å². The van der Waals surface area contributed by atoms with Gasteiger partial charge in [-0.05, 0) is 24.0 Å². The molecule has 0 unspecified atom stereocenters. The largest absolute Gasteiger partial charge is 0.477 e. The van der Waals surface area contributed by atoms with Gasteiger partial charge in [-0.2, -0.15) is 0 Å². The summed E-state index contributed by atoms with van der Waals surface area (Å²) in [6.07, 6.45) is 0.992. The minimum atomic E-state index is 0.264. The van der Waals surface area contributed by atoms with Crippen LogP contribution in [-0.4, -0.2) is 11.6 Å².